The van der Waals surface area contributed by atoms with Gasteiger partial charge in [-0.3, -0.25) is 4.79 Å². The second-order valence-electron chi connectivity index (χ2n) is 4.81. The Morgan fingerprint density at radius 3 is 3.11 bits per heavy atom. The molecule has 0 saturated carbocycles. The van der Waals surface area contributed by atoms with Crippen LogP contribution in [0.2, 0.25) is 0 Å². The van der Waals surface area contributed by atoms with Gasteiger partial charge in [0.05, 0.1) is 6.54 Å². The number of ether oxygens (including phenoxy) is 1. The van der Waals surface area contributed by atoms with E-state index in [1.165, 1.54) is 11.1 Å². The van der Waals surface area contributed by atoms with Gasteiger partial charge in [-0.25, -0.2) is 0 Å². The van der Waals surface area contributed by atoms with E-state index in [4.69, 9.17) is 4.74 Å². The topological polar surface area (TPSA) is 31.2 Å². The Kier molecular flexibility index (Phi) is 2.67. The first-order valence-electron chi connectivity index (χ1n) is 6.12. The van der Waals surface area contributed by atoms with Gasteiger partial charge in [-0.2, -0.15) is 0 Å². The van der Waals surface area contributed by atoms with Crippen LogP contribution in [0.25, 0.3) is 0 Å². The molecule has 0 fully saturated rings. The Morgan fingerprint density at radius 2 is 2.33 bits per heavy atom. The molecule has 3 nitrogen and oxygen atoms in total. The van der Waals surface area contributed by atoms with Crippen LogP contribution in [0, 0.1) is 6.92 Å². The standard InChI is InChI=1S/C15H15NO2/c1-11-2-3-15-13(6-11)7-14(18-15)9-16-5-4-12(8-16)10-17/h2-6,8,10,14H,7,9H2,1H3. The highest BCUT2D eigenvalue weighted by Crippen LogP contribution is 2.30. The van der Waals surface area contributed by atoms with Crippen LogP contribution in [0.1, 0.15) is 21.5 Å². The number of aldehydes is 1. The number of aromatic nitrogens is 1. The molecular weight excluding hydrogens is 226 g/mol. The Balaban J connectivity index is 1.72. The highest BCUT2D eigenvalue weighted by molar-refractivity contribution is 5.74. The molecule has 1 unspecified atom stereocenters. The first-order valence-corrected chi connectivity index (χ1v) is 6.12. The maximum atomic E-state index is 10.6. The number of nitrogens with zero attached hydrogens (tertiary/aromatic N) is 1. The van der Waals surface area contributed by atoms with Gasteiger partial charge in [-0.15, -0.1) is 0 Å². The maximum Gasteiger partial charge on any atom is 0.151 e. The Hall–Kier alpha value is -2.03. The van der Waals surface area contributed by atoms with Gasteiger partial charge in [-0.1, -0.05) is 17.7 Å². The van der Waals surface area contributed by atoms with E-state index in [0.717, 1.165) is 25.0 Å². The molecule has 2 heterocycles. The van der Waals surface area contributed by atoms with Gasteiger partial charge >= 0.3 is 0 Å². The minimum absolute atomic E-state index is 0.161. The zero-order chi connectivity index (χ0) is 12.5. The van der Waals surface area contributed by atoms with E-state index in [2.05, 4.69) is 19.1 Å². The van der Waals surface area contributed by atoms with Crippen molar-refractivity contribution in [3.8, 4) is 5.75 Å². The van der Waals surface area contributed by atoms with Gasteiger partial charge in [0.25, 0.3) is 0 Å². The zero-order valence-electron chi connectivity index (χ0n) is 10.3. The summed E-state index contributed by atoms with van der Waals surface area (Å²) in [6.45, 7) is 2.87. The summed E-state index contributed by atoms with van der Waals surface area (Å²) in [5.41, 5.74) is 3.26. The number of benzene rings is 1. The van der Waals surface area contributed by atoms with Gasteiger partial charge in [-0.05, 0) is 24.6 Å². The Labute approximate surface area is 106 Å². The van der Waals surface area contributed by atoms with Gasteiger partial charge in [0.2, 0.25) is 0 Å². The Morgan fingerprint density at radius 1 is 1.44 bits per heavy atom. The third kappa shape index (κ3) is 2.04. The molecule has 1 atom stereocenters. The molecule has 2 aromatic rings. The summed E-state index contributed by atoms with van der Waals surface area (Å²) < 4.78 is 7.91. The lowest BCUT2D eigenvalue weighted by Gasteiger charge is -2.11. The lowest BCUT2D eigenvalue weighted by molar-refractivity contribution is 0.112. The minimum Gasteiger partial charge on any atom is -0.488 e. The second-order valence-corrected chi connectivity index (χ2v) is 4.81. The summed E-state index contributed by atoms with van der Waals surface area (Å²) in [7, 11) is 0. The fourth-order valence-electron chi connectivity index (χ4n) is 2.43. The fourth-order valence-corrected chi connectivity index (χ4v) is 2.43. The predicted molar refractivity (Wildman–Crippen MR) is 69.1 cm³/mol. The van der Waals surface area contributed by atoms with Crippen molar-refractivity contribution in [2.24, 2.45) is 0 Å². The van der Waals surface area contributed by atoms with E-state index in [-0.39, 0.29) is 6.10 Å². The highest BCUT2D eigenvalue weighted by atomic mass is 16.5. The molecule has 1 aromatic heterocycles. The summed E-state index contributed by atoms with van der Waals surface area (Å²) in [6.07, 6.45) is 5.73. The average molecular weight is 241 g/mol. The van der Waals surface area contributed by atoms with Crippen LogP contribution in [-0.4, -0.2) is 17.0 Å². The molecule has 0 saturated heterocycles. The van der Waals surface area contributed by atoms with Crippen molar-refractivity contribution in [2.45, 2.75) is 26.0 Å². The third-order valence-electron chi connectivity index (χ3n) is 3.28. The second kappa shape index (κ2) is 4.33. The lowest BCUT2D eigenvalue weighted by atomic mass is 10.1. The number of fused-ring (bicyclic) bond motifs is 1. The summed E-state index contributed by atoms with van der Waals surface area (Å²) in [5, 5.41) is 0. The zero-order valence-corrected chi connectivity index (χ0v) is 10.3. The molecule has 0 radical (unpaired) electrons. The van der Waals surface area contributed by atoms with Gasteiger partial charge in [0, 0.05) is 24.4 Å². The van der Waals surface area contributed by atoms with Gasteiger partial charge in [0.15, 0.2) is 6.29 Å². The minimum atomic E-state index is 0.161. The number of aryl methyl sites for hydroxylation is 1. The van der Waals surface area contributed by atoms with E-state index in [9.17, 15) is 4.79 Å². The molecule has 0 bridgehead atoms. The number of hydrogen-bond donors (Lipinski definition) is 0. The molecule has 0 N–H and O–H groups in total. The predicted octanol–water partition coefficient (Wildman–Crippen LogP) is 2.61. The molecule has 0 aliphatic carbocycles. The largest absolute Gasteiger partial charge is 0.488 e. The maximum absolute atomic E-state index is 10.6. The summed E-state index contributed by atoms with van der Waals surface area (Å²) in [4.78, 5) is 10.6. The van der Waals surface area contributed by atoms with E-state index in [0.29, 0.717) is 5.56 Å². The number of carbonyl (C=O) groups excluding carboxylic acids is 1. The third-order valence-corrected chi connectivity index (χ3v) is 3.28. The summed E-state index contributed by atoms with van der Waals surface area (Å²) in [5.74, 6) is 0.994. The Bertz CT molecular complexity index is 586. The van der Waals surface area contributed by atoms with Crippen molar-refractivity contribution in [3.63, 3.8) is 0 Å². The van der Waals surface area contributed by atoms with Crippen LogP contribution in [0.4, 0.5) is 0 Å². The molecule has 1 aliphatic heterocycles. The van der Waals surface area contributed by atoms with Crippen LogP contribution in [0.3, 0.4) is 0 Å². The lowest BCUT2D eigenvalue weighted by Crippen LogP contribution is -2.19. The molecule has 92 valence electrons. The summed E-state index contributed by atoms with van der Waals surface area (Å²) >= 11 is 0. The van der Waals surface area contributed by atoms with Crippen LogP contribution in [-0.2, 0) is 13.0 Å². The van der Waals surface area contributed by atoms with Crippen molar-refractivity contribution in [2.75, 3.05) is 0 Å². The average Bonchev–Trinajstić information content (AvgIpc) is 2.95. The van der Waals surface area contributed by atoms with Crippen LogP contribution < -0.4 is 4.74 Å². The van der Waals surface area contributed by atoms with Crippen molar-refractivity contribution < 1.29 is 9.53 Å². The van der Waals surface area contributed by atoms with Crippen molar-refractivity contribution in [3.05, 3.63) is 53.3 Å². The highest BCUT2D eigenvalue weighted by Gasteiger charge is 2.22. The first kappa shape index (κ1) is 11.1. The van der Waals surface area contributed by atoms with E-state index < -0.39 is 0 Å². The number of rotatable bonds is 3. The smallest absolute Gasteiger partial charge is 0.151 e. The van der Waals surface area contributed by atoms with Crippen LogP contribution >= 0.6 is 0 Å². The van der Waals surface area contributed by atoms with E-state index in [1.54, 1.807) is 0 Å². The molecule has 0 amide bonds. The van der Waals surface area contributed by atoms with Crippen molar-refractivity contribution in [1.82, 2.24) is 4.57 Å². The van der Waals surface area contributed by atoms with Crippen molar-refractivity contribution in [1.29, 1.82) is 0 Å². The molecule has 1 aliphatic rings. The van der Waals surface area contributed by atoms with Crippen LogP contribution in [0.5, 0.6) is 5.75 Å². The van der Waals surface area contributed by atoms with Gasteiger partial charge in [0.1, 0.15) is 11.9 Å². The SMILES string of the molecule is Cc1ccc2c(c1)CC(Cn1ccc(C=O)c1)O2. The molecular formula is C15H15NO2. The fraction of sp³-hybridized carbons (Fsp3) is 0.267. The van der Waals surface area contributed by atoms with E-state index in [1.807, 2.05) is 29.1 Å². The molecule has 3 heteroatoms. The molecule has 18 heavy (non-hydrogen) atoms. The monoisotopic (exact) mass is 241 g/mol. The van der Waals surface area contributed by atoms with Crippen molar-refractivity contribution >= 4 is 6.29 Å². The normalized spacial score (nSPS) is 17.3. The number of hydrogen-bond acceptors (Lipinski definition) is 2. The summed E-state index contributed by atoms with van der Waals surface area (Å²) in [6, 6.07) is 8.11. The van der Waals surface area contributed by atoms with Gasteiger partial charge < -0.3 is 9.30 Å². The van der Waals surface area contributed by atoms with E-state index >= 15 is 0 Å². The molecule has 0 spiro atoms. The number of carbonyl (C=O) groups is 1. The van der Waals surface area contributed by atoms with Crippen LogP contribution in [0.15, 0.2) is 36.7 Å². The quantitative estimate of drug-likeness (QED) is 0.773. The molecule has 1 aromatic carbocycles. The first-order chi connectivity index (χ1) is 8.74. The molecule has 3 rings (SSSR count).